The first-order chi connectivity index (χ1) is 12.9. The number of rotatable bonds is 7. The van der Waals surface area contributed by atoms with Crippen LogP contribution in [0.1, 0.15) is 30.1 Å². The second-order valence-corrected chi connectivity index (χ2v) is 6.37. The van der Waals surface area contributed by atoms with Crippen molar-refractivity contribution in [3.63, 3.8) is 0 Å². The first kappa shape index (κ1) is 20.6. The number of unbranched alkanes of at least 4 members (excludes halogenated alkanes) is 1. The summed E-state index contributed by atoms with van der Waals surface area (Å²) >= 11 is 11.1. The van der Waals surface area contributed by atoms with E-state index >= 15 is 0 Å². The van der Waals surface area contributed by atoms with Gasteiger partial charge in [-0.05, 0) is 49.0 Å². The normalized spacial score (nSPS) is 10.1. The predicted molar refractivity (Wildman–Crippen MR) is 109 cm³/mol. The Morgan fingerprint density at radius 2 is 1.96 bits per heavy atom. The average molecular weight is 408 g/mol. The molecule has 0 radical (unpaired) electrons. The molecule has 0 aliphatic carbocycles. The third-order valence-corrected chi connectivity index (χ3v) is 4.04. The van der Waals surface area contributed by atoms with Crippen LogP contribution in [0.5, 0.6) is 5.75 Å². The zero-order chi connectivity index (χ0) is 19.8. The summed E-state index contributed by atoms with van der Waals surface area (Å²) in [6, 6.07) is 10.6. The minimum absolute atomic E-state index is 0.0269. The number of nitrogens with zero attached hydrogens (tertiary/aromatic N) is 1. The monoisotopic (exact) mass is 407 g/mol. The van der Waals surface area contributed by atoms with Gasteiger partial charge in [-0.1, -0.05) is 24.9 Å². The van der Waals surface area contributed by atoms with E-state index in [1.54, 1.807) is 24.3 Å². The van der Waals surface area contributed by atoms with Crippen LogP contribution in [0.15, 0.2) is 42.5 Å². The Morgan fingerprint density at radius 3 is 2.56 bits per heavy atom. The minimum Gasteiger partial charge on any atom is -0.494 e. The molecular weight excluding hydrogens is 390 g/mol. The number of nitro benzene ring substituents is 1. The molecule has 2 N–H and O–H groups in total. The fourth-order valence-corrected chi connectivity index (χ4v) is 2.51. The van der Waals surface area contributed by atoms with Gasteiger partial charge in [0.25, 0.3) is 11.6 Å². The number of carbonyl (C=O) groups excluding carboxylic acids is 1. The van der Waals surface area contributed by atoms with Crippen LogP contribution < -0.4 is 15.4 Å². The van der Waals surface area contributed by atoms with E-state index in [-0.39, 0.29) is 15.8 Å². The Labute approximate surface area is 166 Å². The van der Waals surface area contributed by atoms with Crippen LogP contribution in [-0.4, -0.2) is 22.5 Å². The third-order valence-electron chi connectivity index (χ3n) is 3.52. The molecule has 2 rings (SSSR count). The minimum atomic E-state index is -0.550. The van der Waals surface area contributed by atoms with Gasteiger partial charge in [0.1, 0.15) is 5.75 Å². The number of halogens is 1. The maximum Gasteiger partial charge on any atom is 0.271 e. The predicted octanol–water partition coefficient (Wildman–Crippen LogP) is 4.55. The van der Waals surface area contributed by atoms with Gasteiger partial charge in [-0.2, -0.15) is 0 Å². The Hall–Kier alpha value is -2.71. The maximum absolute atomic E-state index is 12.2. The van der Waals surface area contributed by atoms with E-state index in [2.05, 4.69) is 17.6 Å². The number of carbonyl (C=O) groups is 1. The molecule has 142 valence electrons. The highest BCUT2D eigenvalue weighted by Gasteiger charge is 2.12. The standard InChI is InChI=1S/C18H18ClN3O4S/c1-2-3-10-26-14-7-4-12(5-8-14)17(23)21-18(27)20-16-9-6-13(22(24)25)11-15(16)19/h4-9,11H,2-3,10H2,1H3,(H2,20,21,23,27). The van der Waals surface area contributed by atoms with Crippen LogP contribution in [0, 0.1) is 10.1 Å². The average Bonchev–Trinajstić information content (AvgIpc) is 2.64. The Kier molecular flexibility index (Phi) is 7.51. The molecular formula is C18H18ClN3O4S. The first-order valence-corrected chi connectivity index (χ1v) is 8.98. The lowest BCUT2D eigenvalue weighted by Gasteiger charge is -2.11. The molecule has 7 nitrogen and oxygen atoms in total. The topological polar surface area (TPSA) is 93.5 Å². The molecule has 0 bridgehead atoms. The zero-order valence-electron chi connectivity index (χ0n) is 14.5. The van der Waals surface area contributed by atoms with Crippen molar-refractivity contribution in [1.29, 1.82) is 0 Å². The number of hydrogen-bond acceptors (Lipinski definition) is 5. The van der Waals surface area contributed by atoms with Gasteiger partial charge in [0, 0.05) is 17.7 Å². The fraction of sp³-hybridized carbons (Fsp3) is 0.222. The number of non-ortho nitro benzene ring substituents is 1. The highest BCUT2D eigenvalue weighted by Crippen LogP contribution is 2.26. The van der Waals surface area contributed by atoms with E-state index in [9.17, 15) is 14.9 Å². The molecule has 1 amide bonds. The summed E-state index contributed by atoms with van der Waals surface area (Å²) in [6.07, 6.45) is 2.01. The second-order valence-electron chi connectivity index (χ2n) is 5.56. The van der Waals surface area contributed by atoms with E-state index in [1.165, 1.54) is 18.2 Å². The molecule has 0 fully saturated rings. The molecule has 27 heavy (non-hydrogen) atoms. The quantitative estimate of drug-likeness (QED) is 0.302. The van der Waals surface area contributed by atoms with Gasteiger partial charge in [0.05, 0.1) is 22.2 Å². The van der Waals surface area contributed by atoms with Crippen LogP contribution in [0.25, 0.3) is 0 Å². The van der Waals surface area contributed by atoms with Crippen molar-refractivity contribution < 1.29 is 14.5 Å². The van der Waals surface area contributed by atoms with E-state index in [4.69, 9.17) is 28.6 Å². The molecule has 0 spiro atoms. The summed E-state index contributed by atoms with van der Waals surface area (Å²) in [5.74, 6) is 0.295. The van der Waals surface area contributed by atoms with Crippen LogP contribution in [-0.2, 0) is 0 Å². The van der Waals surface area contributed by atoms with E-state index in [0.29, 0.717) is 23.6 Å². The smallest absolute Gasteiger partial charge is 0.271 e. The van der Waals surface area contributed by atoms with Gasteiger partial charge in [0.15, 0.2) is 5.11 Å². The lowest BCUT2D eigenvalue weighted by Crippen LogP contribution is -2.34. The molecule has 9 heteroatoms. The summed E-state index contributed by atoms with van der Waals surface area (Å²) < 4.78 is 5.55. The van der Waals surface area contributed by atoms with Gasteiger partial charge >= 0.3 is 0 Å². The zero-order valence-corrected chi connectivity index (χ0v) is 16.1. The number of anilines is 1. The Morgan fingerprint density at radius 1 is 1.26 bits per heavy atom. The molecule has 0 atom stereocenters. The van der Waals surface area contributed by atoms with Crippen molar-refractivity contribution in [3.05, 3.63) is 63.2 Å². The van der Waals surface area contributed by atoms with Crippen LogP contribution in [0.4, 0.5) is 11.4 Å². The van der Waals surface area contributed by atoms with Crippen molar-refractivity contribution in [2.45, 2.75) is 19.8 Å². The third kappa shape index (κ3) is 6.19. The number of amides is 1. The Balaban J connectivity index is 1.93. The summed E-state index contributed by atoms with van der Waals surface area (Å²) in [4.78, 5) is 22.4. The molecule has 0 heterocycles. The molecule has 0 saturated carbocycles. The van der Waals surface area contributed by atoms with E-state index < -0.39 is 10.8 Å². The molecule has 0 aromatic heterocycles. The molecule has 0 aliphatic heterocycles. The van der Waals surface area contributed by atoms with Crippen molar-refractivity contribution in [1.82, 2.24) is 5.32 Å². The molecule has 0 saturated heterocycles. The Bertz CT molecular complexity index is 843. The van der Waals surface area contributed by atoms with Gasteiger partial charge in [-0.3, -0.25) is 20.2 Å². The summed E-state index contributed by atoms with van der Waals surface area (Å²) in [5.41, 5.74) is 0.630. The lowest BCUT2D eigenvalue weighted by molar-refractivity contribution is -0.384. The number of benzene rings is 2. The first-order valence-electron chi connectivity index (χ1n) is 8.20. The molecule has 0 unspecified atom stereocenters. The van der Waals surface area contributed by atoms with Gasteiger partial charge in [0.2, 0.25) is 0 Å². The molecule has 0 aliphatic rings. The fourth-order valence-electron chi connectivity index (χ4n) is 2.08. The van der Waals surface area contributed by atoms with Crippen LogP contribution >= 0.6 is 23.8 Å². The number of ether oxygens (including phenoxy) is 1. The van der Waals surface area contributed by atoms with Crippen molar-refractivity contribution in [2.24, 2.45) is 0 Å². The van der Waals surface area contributed by atoms with Crippen molar-refractivity contribution in [3.8, 4) is 5.75 Å². The summed E-state index contributed by atoms with van der Waals surface area (Å²) in [7, 11) is 0. The number of nitrogens with one attached hydrogen (secondary N) is 2. The highest BCUT2D eigenvalue weighted by atomic mass is 35.5. The van der Waals surface area contributed by atoms with Crippen LogP contribution in [0.3, 0.4) is 0 Å². The molecule has 2 aromatic carbocycles. The van der Waals surface area contributed by atoms with Crippen molar-refractivity contribution in [2.75, 3.05) is 11.9 Å². The molecule has 2 aromatic rings. The second kappa shape index (κ2) is 9.84. The summed E-state index contributed by atoms with van der Waals surface area (Å²) in [6.45, 7) is 2.71. The number of nitro groups is 1. The maximum atomic E-state index is 12.2. The van der Waals surface area contributed by atoms with Gasteiger partial charge in [-0.25, -0.2) is 0 Å². The largest absolute Gasteiger partial charge is 0.494 e. The number of thiocarbonyl (C=S) groups is 1. The lowest BCUT2D eigenvalue weighted by atomic mass is 10.2. The SMILES string of the molecule is CCCCOc1ccc(C(=O)NC(=S)Nc2ccc([N+](=O)[O-])cc2Cl)cc1. The number of hydrogen-bond donors (Lipinski definition) is 2. The van der Waals surface area contributed by atoms with Crippen molar-refractivity contribution >= 4 is 46.2 Å². The summed E-state index contributed by atoms with van der Waals surface area (Å²) in [5, 5.41) is 16.1. The van der Waals surface area contributed by atoms with Gasteiger partial charge in [-0.15, -0.1) is 0 Å². The van der Waals surface area contributed by atoms with E-state index in [1.807, 2.05) is 0 Å². The highest BCUT2D eigenvalue weighted by molar-refractivity contribution is 7.80. The van der Waals surface area contributed by atoms with Gasteiger partial charge < -0.3 is 10.1 Å². The van der Waals surface area contributed by atoms with Crippen LogP contribution in [0.2, 0.25) is 5.02 Å². The van der Waals surface area contributed by atoms with E-state index in [0.717, 1.165) is 12.8 Å².